The van der Waals surface area contributed by atoms with Crippen molar-refractivity contribution in [2.24, 2.45) is 0 Å². The smallest absolute Gasteiger partial charge is 0.127 e. The summed E-state index contributed by atoms with van der Waals surface area (Å²) in [6.07, 6.45) is 2.81. The molecule has 1 aliphatic rings. The molecule has 118 valence electrons. The van der Waals surface area contributed by atoms with Crippen LogP contribution in [0.1, 0.15) is 23.6 Å². The fourth-order valence-electron chi connectivity index (χ4n) is 3.12. The molecule has 3 aromatic rings. The van der Waals surface area contributed by atoms with Gasteiger partial charge in [-0.2, -0.15) is 5.10 Å². The van der Waals surface area contributed by atoms with Crippen molar-refractivity contribution in [3.05, 3.63) is 53.7 Å². The fourth-order valence-corrected chi connectivity index (χ4v) is 3.12. The predicted molar refractivity (Wildman–Crippen MR) is 88.8 cm³/mol. The van der Waals surface area contributed by atoms with Crippen molar-refractivity contribution in [1.82, 2.24) is 15.5 Å². The molecule has 0 radical (unpaired) electrons. The van der Waals surface area contributed by atoms with Gasteiger partial charge in [-0.1, -0.05) is 24.3 Å². The van der Waals surface area contributed by atoms with Crippen LogP contribution in [0.15, 0.2) is 42.6 Å². The van der Waals surface area contributed by atoms with E-state index < -0.39 is 0 Å². The summed E-state index contributed by atoms with van der Waals surface area (Å²) in [6.45, 7) is 1.50. The Morgan fingerprint density at radius 3 is 3.22 bits per heavy atom. The van der Waals surface area contributed by atoms with Crippen LogP contribution in [0.25, 0.3) is 10.9 Å². The molecule has 1 aliphatic heterocycles. The average molecular weight is 309 g/mol. The number of rotatable bonds is 4. The maximum absolute atomic E-state index is 5.77. The number of benzene rings is 2. The van der Waals surface area contributed by atoms with Gasteiger partial charge < -0.3 is 14.8 Å². The third-order valence-electron chi connectivity index (χ3n) is 4.36. The van der Waals surface area contributed by atoms with Crippen LogP contribution in [0.3, 0.4) is 0 Å². The second-order valence-corrected chi connectivity index (χ2v) is 5.73. The van der Waals surface area contributed by atoms with Gasteiger partial charge in [-0.25, -0.2) is 0 Å². The molecular weight excluding hydrogens is 290 g/mol. The summed E-state index contributed by atoms with van der Waals surface area (Å²) in [7, 11) is 1.67. The fraction of sp³-hybridized carbons (Fsp3) is 0.278. The number of nitrogens with one attached hydrogen (secondary N) is 2. The number of hydrogen-bond acceptors (Lipinski definition) is 4. The zero-order chi connectivity index (χ0) is 15.6. The molecule has 0 aliphatic carbocycles. The summed E-state index contributed by atoms with van der Waals surface area (Å²) in [4.78, 5) is 0. The number of para-hydroxylation sites is 1. The van der Waals surface area contributed by atoms with E-state index in [1.165, 1.54) is 11.1 Å². The number of nitrogens with zero attached hydrogens (tertiary/aromatic N) is 1. The van der Waals surface area contributed by atoms with Crippen molar-refractivity contribution >= 4 is 10.9 Å². The van der Waals surface area contributed by atoms with Gasteiger partial charge in [0.05, 0.1) is 25.4 Å². The van der Waals surface area contributed by atoms with Crippen molar-refractivity contribution in [2.45, 2.75) is 19.0 Å². The first kappa shape index (κ1) is 14.1. The molecule has 1 atom stereocenters. The molecule has 5 heteroatoms. The van der Waals surface area contributed by atoms with Crippen LogP contribution in [0.5, 0.6) is 11.5 Å². The van der Waals surface area contributed by atoms with E-state index >= 15 is 0 Å². The largest absolute Gasteiger partial charge is 0.497 e. The molecule has 23 heavy (non-hydrogen) atoms. The second kappa shape index (κ2) is 5.93. The van der Waals surface area contributed by atoms with Gasteiger partial charge in [0.15, 0.2) is 0 Å². The molecule has 4 rings (SSSR count). The van der Waals surface area contributed by atoms with Gasteiger partial charge in [0.25, 0.3) is 0 Å². The first-order chi connectivity index (χ1) is 11.3. The SMILES string of the molecule is COc1ccc2c(c1)OCCC2NCc1cccc2cn[nH]c12. The number of ether oxygens (including phenoxy) is 2. The molecule has 0 fully saturated rings. The van der Waals surface area contributed by atoms with Crippen LogP contribution in [-0.2, 0) is 6.54 Å². The Morgan fingerprint density at radius 2 is 2.30 bits per heavy atom. The summed E-state index contributed by atoms with van der Waals surface area (Å²) >= 11 is 0. The van der Waals surface area contributed by atoms with Crippen molar-refractivity contribution in [3.63, 3.8) is 0 Å². The summed E-state index contributed by atoms with van der Waals surface area (Å²) in [5.74, 6) is 1.74. The van der Waals surface area contributed by atoms with Gasteiger partial charge >= 0.3 is 0 Å². The Balaban J connectivity index is 1.55. The van der Waals surface area contributed by atoms with E-state index in [4.69, 9.17) is 9.47 Å². The van der Waals surface area contributed by atoms with Crippen LogP contribution in [-0.4, -0.2) is 23.9 Å². The van der Waals surface area contributed by atoms with Gasteiger partial charge in [0, 0.05) is 36.0 Å². The lowest BCUT2D eigenvalue weighted by molar-refractivity contribution is 0.250. The van der Waals surface area contributed by atoms with Crippen molar-refractivity contribution in [2.75, 3.05) is 13.7 Å². The Labute approximate surface area is 134 Å². The molecule has 2 N–H and O–H groups in total. The molecule has 0 saturated carbocycles. The first-order valence-corrected chi connectivity index (χ1v) is 7.80. The van der Waals surface area contributed by atoms with Gasteiger partial charge in [0.1, 0.15) is 11.5 Å². The van der Waals surface area contributed by atoms with E-state index in [-0.39, 0.29) is 6.04 Å². The molecule has 2 heterocycles. The van der Waals surface area contributed by atoms with Gasteiger partial charge in [0.2, 0.25) is 0 Å². The molecule has 1 aromatic heterocycles. The highest BCUT2D eigenvalue weighted by molar-refractivity contribution is 5.81. The molecule has 0 saturated heterocycles. The normalized spacial score (nSPS) is 16.8. The third kappa shape index (κ3) is 2.64. The van der Waals surface area contributed by atoms with Crippen LogP contribution >= 0.6 is 0 Å². The van der Waals surface area contributed by atoms with Gasteiger partial charge in [-0.15, -0.1) is 0 Å². The standard InChI is InChI=1S/C18H19N3O2/c1-22-14-5-6-15-16(7-8-23-17(15)9-14)19-10-12-3-2-4-13-11-20-21-18(12)13/h2-6,9,11,16,19H,7-8,10H2,1H3,(H,20,21). The first-order valence-electron chi connectivity index (χ1n) is 7.80. The topological polar surface area (TPSA) is 59.2 Å². The van der Waals surface area contributed by atoms with E-state index in [9.17, 15) is 0 Å². The van der Waals surface area contributed by atoms with Crippen LogP contribution in [0.2, 0.25) is 0 Å². The highest BCUT2D eigenvalue weighted by Crippen LogP contribution is 2.35. The number of hydrogen-bond donors (Lipinski definition) is 2. The predicted octanol–water partition coefficient (Wildman–Crippen LogP) is 3.18. The van der Waals surface area contributed by atoms with Crippen molar-refractivity contribution < 1.29 is 9.47 Å². The van der Waals surface area contributed by atoms with Crippen LogP contribution in [0.4, 0.5) is 0 Å². The van der Waals surface area contributed by atoms with E-state index in [0.717, 1.165) is 35.4 Å². The quantitative estimate of drug-likeness (QED) is 0.777. The Kier molecular flexibility index (Phi) is 3.63. The zero-order valence-electron chi connectivity index (χ0n) is 13.0. The minimum Gasteiger partial charge on any atom is -0.497 e. The average Bonchev–Trinajstić information content (AvgIpc) is 3.08. The minimum atomic E-state index is 0.280. The summed E-state index contributed by atoms with van der Waals surface area (Å²) in [6, 6.07) is 12.6. The number of methoxy groups -OCH3 is 1. The number of fused-ring (bicyclic) bond motifs is 2. The summed E-state index contributed by atoms with van der Waals surface area (Å²) in [5, 5.41) is 12.0. The van der Waals surface area contributed by atoms with Crippen LogP contribution in [0, 0.1) is 0 Å². The summed E-state index contributed by atoms with van der Waals surface area (Å²) < 4.78 is 11.0. The number of aromatic nitrogens is 2. The lowest BCUT2D eigenvalue weighted by Crippen LogP contribution is -2.26. The van der Waals surface area contributed by atoms with E-state index in [1.54, 1.807) is 7.11 Å². The van der Waals surface area contributed by atoms with E-state index in [0.29, 0.717) is 6.61 Å². The molecule has 0 bridgehead atoms. The molecule has 0 amide bonds. The van der Waals surface area contributed by atoms with Crippen LogP contribution < -0.4 is 14.8 Å². The Morgan fingerprint density at radius 1 is 1.35 bits per heavy atom. The molecular formula is C18H19N3O2. The van der Waals surface area contributed by atoms with Crippen molar-refractivity contribution in [3.8, 4) is 11.5 Å². The molecule has 0 spiro atoms. The summed E-state index contributed by atoms with van der Waals surface area (Å²) in [5.41, 5.74) is 3.51. The Hall–Kier alpha value is -2.53. The number of aromatic amines is 1. The Bertz CT molecular complexity index is 828. The van der Waals surface area contributed by atoms with Gasteiger partial charge in [-0.05, 0) is 11.6 Å². The number of H-pyrrole nitrogens is 1. The minimum absolute atomic E-state index is 0.280. The highest BCUT2D eigenvalue weighted by Gasteiger charge is 2.21. The monoisotopic (exact) mass is 309 g/mol. The second-order valence-electron chi connectivity index (χ2n) is 5.73. The molecule has 1 unspecified atom stereocenters. The van der Waals surface area contributed by atoms with Crippen molar-refractivity contribution in [1.29, 1.82) is 0 Å². The maximum Gasteiger partial charge on any atom is 0.127 e. The van der Waals surface area contributed by atoms with Gasteiger partial charge in [-0.3, -0.25) is 5.10 Å². The third-order valence-corrected chi connectivity index (χ3v) is 4.36. The molecule has 2 aromatic carbocycles. The molecule has 5 nitrogen and oxygen atoms in total. The maximum atomic E-state index is 5.77. The zero-order valence-corrected chi connectivity index (χ0v) is 13.0. The van der Waals surface area contributed by atoms with E-state index in [1.807, 2.05) is 18.3 Å². The highest BCUT2D eigenvalue weighted by atomic mass is 16.5. The lowest BCUT2D eigenvalue weighted by Gasteiger charge is -2.27. The lowest BCUT2D eigenvalue weighted by atomic mass is 10.00. The van der Waals surface area contributed by atoms with E-state index in [2.05, 4.69) is 39.8 Å².